The lowest BCUT2D eigenvalue weighted by molar-refractivity contribution is 0.106. The number of aliphatic hydroxyl groups is 2. The molecule has 0 aromatic heterocycles. The Morgan fingerprint density at radius 3 is 2.94 bits per heavy atom. The fourth-order valence-electron chi connectivity index (χ4n) is 1.28. The molecule has 0 aliphatic rings. The van der Waals surface area contributed by atoms with Crippen molar-refractivity contribution in [3.05, 3.63) is 29.3 Å². The van der Waals surface area contributed by atoms with Gasteiger partial charge in [0.25, 0.3) is 0 Å². The predicted octanol–water partition coefficient (Wildman–Crippen LogP) is 1.05. The standard InChI is InChI=1S/C12H18ClNO3/c13-10-3-1-4-12(7-10)17-9-11(16)8-14-5-2-6-15/h1,3-4,7,11,14-16H,2,5-6,8-9H2. The third-order valence-corrected chi connectivity index (χ3v) is 2.37. The number of halogens is 1. The van der Waals surface area contributed by atoms with Crippen LogP contribution >= 0.6 is 11.6 Å². The molecule has 1 atom stereocenters. The lowest BCUT2D eigenvalue weighted by Crippen LogP contribution is -2.32. The summed E-state index contributed by atoms with van der Waals surface area (Å²) < 4.78 is 5.38. The smallest absolute Gasteiger partial charge is 0.120 e. The van der Waals surface area contributed by atoms with Crippen molar-refractivity contribution in [2.45, 2.75) is 12.5 Å². The lowest BCUT2D eigenvalue weighted by Gasteiger charge is -2.13. The quantitative estimate of drug-likeness (QED) is 0.611. The van der Waals surface area contributed by atoms with Crippen LogP contribution in [0.5, 0.6) is 5.75 Å². The van der Waals surface area contributed by atoms with E-state index in [2.05, 4.69) is 5.32 Å². The van der Waals surface area contributed by atoms with E-state index in [9.17, 15) is 5.11 Å². The SMILES string of the molecule is OCCCNCC(O)COc1cccc(Cl)c1. The second-order valence-corrected chi connectivity index (χ2v) is 4.14. The van der Waals surface area contributed by atoms with Crippen molar-refractivity contribution >= 4 is 11.6 Å². The van der Waals surface area contributed by atoms with Gasteiger partial charge in [-0.15, -0.1) is 0 Å². The van der Waals surface area contributed by atoms with Crippen molar-refractivity contribution in [2.75, 3.05) is 26.3 Å². The zero-order valence-electron chi connectivity index (χ0n) is 9.60. The van der Waals surface area contributed by atoms with Gasteiger partial charge in [0.2, 0.25) is 0 Å². The Balaban J connectivity index is 2.17. The fraction of sp³-hybridized carbons (Fsp3) is 0.500. The van der Waals surface area contributed by atoms with Gasteiger partial charge >= 0.3 is 0 Å². The van der Waals surface area contributed by atoms with Crippen LogP contribution in [-0.4, -0.2) is 42.6 Å². The molecule has 0 amide bonds. The van der Waals surface area contributed by atoms with Crippen molar-refractivity contribution in [1.82, 2.24) is 5.32 Å². The summed E-state index contributed by atoms with van der Waals surface area (Å²) in [4.78, 5) is 0. The second kappa shape index (κ2) is 8.31. The largest absolute Gasteiger partial charge is 0.491 e. The summed E-state index contributed by atoms with van der Waals surface area (Å²) in [6.45, 7) is 1.50. The zero-order chi connectivity index (χ0) is 12.5. The lowest BCUT2D eigenvalue weighted by atomic mass is 10.3. The van der Waals surface area contributed by atoms with E-state index in [-0.39, 0.29) is 13.2 Å². The average Bonchev–Trinajstić information content (AvgIpc) is 2.32. The Morgan fingerprint density at radius 1 is 1.41 bits per heavy atom. The van der Waals surface area contributed by atoms with E-state index in [0.717, 1.165) is 0 Å². The first-order valence-electron chi connectivity index (χ1n) is 5.60. The Bertz CT molecular complexity index is 322. The molecule has 0 aliphatic carbocycles. The molecule has 0 spiro atoms. The normalized spacial score (nSPS) is 12.4. The van der Waals surface area contributed by atoms with Gasteiger partial charge in [0, 0.05) is 18.2 Å². The molecule has 0 aliphatic heterocycles. The summed E-state index contributed by atoms with van der Waals surface area (Å²) in [6, 6.07) is 7.05. The van der Waals surface area contributed by atoms with E-state index in [1.807, 2.05) is 0 Å². The maximum atomic E-state index is 9.60. The highest BCUT2D eigenvalue weighted by molar-refractivity contribution is 6.30. The van der Waals surface area contributed by atoms with Crippen LogP contribution in [-0.2, 0) is 0 Å². The molecule has 0 saturated carbocycles. The zero-order valence-corrected chi connectivity index (χ0v) is 10.4. The van der Waals surface area contributed by atoms with E-state index in [1.165, 1.54) is 0 Å². The van der Waals surface area contributed by atoms with Crippen molar-refractivity contribution < 1.29 is 14.9 Å². The monoisotopic (exact) mass is 259 g/mol. The number of hydrogen-bond acceptors (Lipinski definition) is 4. The van der Waals surface area contributed by atoms with Crippen molar-refractivity contribution in [3.63, 3.8) is 0 Å². The van der Waals surface area contributed by atoms with Gasteiger partial charge < -0.3 is 20.3 Å². The number of benzene rings is 1. The summed E-state index contributed by atoms with van der Waals surface area (Å²) in [5.74, 6) is 0.645. The highest BCUT2D eigenvalue weighted by Crippen LogP contribution is 2.17. The molecule has 0 bridgehead atoms. The highest BCUT2D eigenvalue weighted by Gasteiger charge is 2.04. The summed E-state index contributed by atoms with van der Waals surface area (Å²) in [5, 5.41) is 21.8. The van der Waals surface area contributed by atoms with Crippen LogP contribution in [0.25, 0.3) is 0 Å². The van der Waals surface area contributed by atoms with Crippen molar-refractivity contribution in [3.8, 4) is 5.75 Å². The summed E-state index contributed by atoms with van der Waals surface area (Å²) >= 11 is 5.80. The maximum absolute atomic E-state index is 9.60. The Labute approximate surface area is 106 Å². The molecular weight excluding hydrogens is 242 g/mol. The summed E-state index contributed by atoms with van der Waals surface area (Å²) in [5.41, 5.74) is 0. The van der Waals surface area contributed by atoms with E-state index in [0.29, 0.717) is 30.3 Å². The van der Waals surface area contributed by atoms with Gasteiger partial charge in [-0.1, -0.05) is 17.7 Å². The summed E-state index contributed by atoms with van der Waals surface area (Å²) in [6.07, 6.45) is 0.106. The second-order valence-electron chi connectivity index (χ2n) is 3.70. The van der Waals surface area contributed by atoms with Gasteiger partial charge in [-0.25, -0.2) is 0 Å². The highest BCUT2D eigenvalue weighted by atomic mass is 35.5. The minimum absolute atomic E-state index is 0.155. The first-order chi connectivity index (χ1) is 8.22. The van der Waals surface area contributed by atoms with Crippen LogP contribution in [0, 0.1) is 0 Å². The number of rotatable bonds is 8. The Kier molecular flexibility index (Phi) is 6.96. The molecule has 1 aromatic carbocycles. The van der Waals surface area contributed by atoms with Gasteiger partial charge in [-0.2, -0.15) is 0 Å². The van der Waals surface area contributed by atoms with Gasteiger partial charge in [-0.05, 0) is 31.2 Å². The Morgan fingerprint density at radius 2 is 2.24 bits per heavy atom. The van der Waals surface area contributed by atoms with E-state index >= 15 is 0 Å². The van der Waals surface area contributed by atoms with Crippen LogP contribution in [0.3, 0.4) is 0 Å². The van der Waals surface area contributed by atoms with Crippen LogP contribution < -0.4 is 10.1 Å². The Hall–Kier alpha value is -0.810. The molecule has 1 unspecified atom stereocenters. The number of hydrogen-bond donors (Lipinski definition) is 3. The molecule has 96 valence electrons. The van der Waals surface area contributed by atoms with E-state index in [1.54, 1.807) is 24.3 Å². The predicted molar refractivity (Wildman–Crippen MR) is 67.5 cm³/mol. The fourth-order valence-corrected chi connectivity index (χ4v) is 1.46. The van der Waals surface area contributed by atoms with Crippen molar-refractivity contribution in [1.29, 1.82) is 0 Å². The molecular formula is C12H18ClNO3. The molecule has 4 nitrogen and oxygen atoms in total. The number of ether oxygens (including phenoxy) is 1. The third-order valence-electron chi connectivity index (χ3n) is 2.13. The van der Waals surface area contributed by atoms with Crippen LogP contribution in [0.1, 0.15) is 6.42 Å². The van der Waals surface area contributed by atoms with Crippen LogP contribution in [0.2, 0.25) is 5.02 Å². The molecule has 5 heteroatoms. The topological polar surface area (TPSA) is 61.7 Å². The average molecular weight is 260 g/mol. The number of aliphatic hydroxyl groups excluding tert-OH is 2. The van der Waals surface area contributed by atoms with Gasteiger partial charge in [-0.3, -0.25) is 0 Å². The minimum Gasteiger partial charge on any atom is -0.491 e. The molecule has 0 heterocycles. The molecule has 0 fully saturated rings. The van der Waals surface area contributed by atoms with Gasteiger partial charge in [0.15, 0.2) is 0 Å². The first-order valence-corrected chi connectivity index (χ1v) is 5.98. The molecule has 17 heavy (non-hydrogen) atoms. The first kappa shape index (κ1) is 14.3. The van der Waals surface area contributed by atoms with Crippen LogP contribution in [0.4, 0.5) is 0 Å². The number of nitrogens with one attached hydrogen (secondary N) is 1. The van der Waals surface area contributed by atoms with Gasteiger partial charge in [0.05, 0.1) is 0 Å². The molecule has 0 saturated heterocycles. The maximum Gasteiger partial charge on any atom is 0.120 e. The summed E-state index contributed by atoms with van der Waals surface area (Å²) in [7, 11) is 0. The molecule has 1 aromatic rings. The van der Waals surface area contributed by atoms with Crippen LogP contribution in [0.15, 0.2) is 24.3 Å². The molecule has 0 radical (unpaired) electrons. The van der Waals surface area contributed by atoms with E-state index in [4.69, 9.17) is 21.4 Å². The van der Waals surface area contributed by atoms with Gasteiger partial charge in [0.1, 0.15) is 18.5 Å². The third kappa shape index (κ3) is 6.48. The molecule has 3 N–H and O–H groups in total. The molecule has 1 rings (SSSR count). The van der Waals surface area contributed by atoms with Crippen molar-refractivity contribution in [2.24, 2.45) is 0 Å². The minimum atomic E-state index is -0.576. The van der Waals surface area contributed by atoms with E-state index < -0.39 is 6.10 Å².